The number of nitrogens with zero attached hydrogens (tertiary/aromatic N) is 4. The Balaban J connectivity index is 1.11. The zero-order valence-electron chi connectivity index (χ0n) is 19.2. The van der Waals surface area contributed by atoms with E-state index >= 15 is 0 Å². The molecule has 0 N–H and O–H groups in total. The molecular formula is C24H46N4. The smallest absolute Gasteiger partial charge is 0.0351 e. The van der Waals surface area contributed by atoms with Crippen LogP contribution in [0.25, 0.3) is 0 Å². The molecule has 0 radical (unpaired) electrons. The number of piperidine rings is 1. The molecule has 0 aromatic heterocycles. The van der Waals surface area contributed by atoms with Gasteiger partial charge in [-0.1, -0.05) is 13.8 Å². The molecule has 3 heterocycles. The molecule has 4 rings (SSSR count). The van der Waals surface area contributed by atoms with Crippen LogP contribution in [0.15, 0.2) is 0 Å². The third-order valence-electron chi connectivity index (χ3n) is 8.13. The summed E-state index contributed by atoms with van der Waals surface area (Å²) in [5, 5.41) is 0. The maximum atomic E-state index is 2.81. The molecule has 0 amide bonds. The molecule has 0 bridgehead atoms. The minimum Gasteiger partial charge on any atom is -0.303 e. The van der Waals surface area contributed by atoms with Crippen molar-refractivity contribution in [2.24, 2.45) is 17.3 Å². The molecule has 0 unspecified atom stereocenters. The molecule has 0 aromatic carbocycles. The van der Waals surface area contributed by atoms with Crippen molar-refractivity contribution in [1.29, 1.82) is 0 Å². The largest absolute Gasteiger partial charge is 0.303 e. The van der Waals surface area contributed by atoms with Crippen molar-refractivity contribution in [3.8, 4) is 0 Å². The number of piperazine rings is 1. The Bertz CT molecular complexity index is 479. The highest BCUT2D eigenvalue weighted by Crippen LogP contribution is 2.51. The van der Waals surface area contributed by atoms with Crippen molar-refractivity contribution in [2.75, 3.05) is 65.4 Å². The highest BCUT2D eigenvalue weighted by molar-refractivity contribution is 4.97. The van der Waals surface area contributed by atoms with Crippen LogP contribution < -0.4 is 0 Å². The predicted octanol–water partition coefficient (Wildman–Crippen LogP) is 3.23. The van der Waals surface area contributed by atoms with Crippen LogP contribution in [0.5, 0.6) is 0 Å². The van der Waals surface area contributed by atoms with Crippen molar-refractivity contribution in [3.05, 3.63) is 0 Å². The summed E-state index contributed by atoms with van der Waals surface area (Å²) in [5.74, 6) is 1.82. The van der Waals surface area contributed by atoms with Gasteiger partial charge in [-0.2, -0.15) is 0 Å². The Morgan fingerprint density at radius 3 is 2.00 bits per heavy atom. The van der Waals surface area contributed by atoms with Gasteiger partial charge in [0, 0.05) is 64.4 Å². The second-order valence-corrected chi connectivity index (χ2v) is 11.4. The molecular weight excluding hydrogens is 344 g/mol. The number of hydrogen-bond donors (Lipinski definition) is 0. The molecule has 4 fully saturated rings. The molecule has 28 heavy (non-hydrogen) atoms. The van der Waals surface area contributed by atoms with Crippen molar-refractivity contribution in [1.82, 2.24) is 19.6 Å². The topological polar surface area (TPSA) is 13.0 Å². The van der Waals surface area contributed by atoms with E-state index in [0.717, 1.165) is 23.9 Å². The lowest BCUT2D eigenvalue weighted by atomic mass is 9.91. The van der Waals surface area contributed by atoms with E-state index in [-0.39, 0.29) is 0 Å². The lowest BCUT2D eigenvalue weighted by Crippen LogP contribution is -2.64. The normalized spacial score (nSPS) is 28.9. The van der Waals surface area contributed by atoms with E-state index in [9.17, 15) is 0 Å². The zero-order valence-corrected chi connectivity index (χ0v) is 19.2. The first kappa shape index (κ1) is 21.1. The van der Waals surface area contributed by atoms with E-state index in [4.69, 9.17) is 0 Å². The third kappa shape index (κ3) is 5.30. The fourth-order valence-electron chi connectivity index (χ4n) is 6.09. The molecule has 4 heteroatoms. The number of rotatable bonds is 8. The average molecular weight is 391 g/mol. The zero-order chi connectivity index (χ0) is 19.7. The van der Waals surface area contributed by atoms with Gasteiger partial charge in [-0.3, -0.25) is 9.80 Å². The van der Waals surface area contributed by atoms with Crippen LogP contribution in [-0.4, -0.2) is 97.1 Å². The maximum Gasteiger partial charge on any atom is 0.0351 e. The Morgan fingerprint density at radius 2 is 1.46 bits per heavy atom. The van der Waals surface area contributed by atoms with Crippen molar-refractivity contribution in [2.45, 2.75) is 71.9 Å². The highest BCUT2D eigenvalue weighted by atomic mass is 15.4. The fourth-order valence-corrected chi connectivity index (χ4v) is 6.09. The van der Waals surface area contributed by atoms with Gasteiger partial charge < -0.3 is 9.80 Å². The highest BCUT2D eigenvalue weighted by Gasteiger charge is 2.44. The first-order chi connectivity index (χ1) is 13.4. The molecule has 3 aliphatic heterocycles. The minimum atomic E-state index is 0.712. The van der Waals surface area contributed by atoms with Crippen molar-refractivity contribution in [3.63, 3.8) is 0 Å². The van der Waals surface area contributed by atoms with Crippen molar-refractivity contribution < 1.29 is 0 Å². The summed E-state index contributed by atoms with van der Waals surface area (Å²) in [5.41, 5.74) is 0.712. The quantitative estimate of drug-likeness (QED) is 0.631. The lowest BCUT2D eigenvalue weighted by molar-refractivity contribution is -0.0130. The Labute approximate surface area is 174 Å². The van der Waals surface area contributed by atoms with Crippen LogP contribution in [0, 0.1) is 17.3 Å². The Hall–Kier alpha value is -0.160. The summed E-state index contributed by atoms with van der Waals surface area (Å²) in [6.45, 7) is 22.7. The van der Waals surface area contributed by atoms with E-state index in [1.54, 1.807) is 0 Å². The maximum absolute atomic E-state index is 2.81. The summed E-state index contributed by atoms with van der Waals surface area (Å²) < 4.78 is 0. The van der Waals surface area contributed by atoms with E-state index in [0.29, 0.717) is 5.41 Å². The van der Waals surface area contributed by atoms with Gasteiger partial charge in [0.15, 0.2) is 0 Å². The number of hydrogen-bond acceptors (Lipinski definition) is 4. The molecule has 4 nitrogen and oxygen atoms in total. The second-order valence-electron chi connectivity index (χ2n) is 11.4. The van der Waals surface area contributed by atoms with Gasteiger partial charge in [-0.25, -0.2) is 0 Å². The van der Waals surface area contributed by atoms with Crippen LogP contribution in [0.4, 0.5) is 0 Å². The van der Waals surface area contributed by atoms with Crippen LogP contribution in [0.3, 0.4) is 0 Å². The predicted molar refractivity (Wildman–Crippen MR) is 119 cm³/mol. The second kappa shape index (κ2) is 8.91. The number of likely N-dealkylation sites (tertiary alicyclic amines) is 2. The van der Waals surface area contributed by atoms with E-state index in [1.165, 1.54) is 97.6 Å². The van der Waals surface area contributed by atoms with Gasteiger partial charge in [0.25, 0.3) is 0 Å². The Kier molecular flexibility index (Phi) is 6.71. The first-order valence-electron chi connectivity index (χ1n) is 12.4. The Morgan fingerprint density at radius 1 is 0.821 bits per heavy atom. The van der Waals surface area contributed by atoms with Gasteiger partial charge in [0.05, 0.1) is 0 Å². The minimum absolute atomic E-state index is 0.712. The molecule has 0 atom stereocenters. The monoisotopic (exact) mass is 390 g/mol. The molecule has 4 aliphatic rings. The van der Waals surface area contributed by atoms with Crippen LogP contribution in [0.1, 0.15) is 59.8 Å². The molecule has 0 aromatic rings. The summed E-state index contributed by atoms with van der Waals surface area (Å²) >= 11 is 0. The summed E-state index contributed by atoms with van der Waals surface area (Å²) in [4.78, 5) is 11.0. The first-order valence-corrected chi connectivity index (χ1v) is 12.4. The van der Waals surface area contributed by atoms with Gasteiger partial charge >= 0.3 is 0 Å². The average Bonchev–Trinajstić information content (AvgIpc) is 3.34. The van der Waals surface area contributed by atoms with Crippen LogP contribution >= 0.6 is 0 Å². The fraction of sp³-hybridized carbons (Fsp3) is 1.00. The van der Waals surface area contributed by atoms with Gasteiger partial charge in [-0.05, 0) is 76.3 Å². The van der Waals surface area contributed by atoms with E-state index < -0.39 is 0 Å². The van der Waals surface area contributed by atoms with Crippen LogP contribution in [0.2, 0.25) is 0 Å². The molecule has 3 saturated heterocycles. The third-order valence-corrected chi connectivity index (χ3v) is 8.13. The molecule has 1 aliphatic carbocycles. The standard InChI is InChI=1S/C24H46N4/c1-20(2)15-24(7-8-24)19-26-9-5-22(6-10-26)16-25-11-13-27(14-12-25)23-17-28(18-23)21(3)4/h20-23H,5-19H2,1-4H3. The van der Waals surface area contributed by atoms with Gasteiger partial charge in [0.2, 0.25) is 0 Å². The molecule has 0 spiro atoms. The SMILES string of the molecule is CC(C)CC1(CN2CCC(CN3CCN(C4CN(C(C)C)C4)CC3)CC2)CC1. The van der Waals surface area contributed by atoms with E-state index in [2.05, 4.69) is 47.3 Å². The van der Waals surface area contributed by atoms with Gasteiger partial charge in [0.1, 0.15) is 0 Å². The van der Waals surface area contributed by atoms with Crippen LogP contribution in [-0.2, 0) is 0 Å². The van der Waals surface area contributed by atoms with Gasteiger partial charge in [-0.15, -0.1) is 0 Å². The molecule has 162 valence electrons. The molecule has 1 saturated carbocycles. The lowest BCUT2D eigenvalue weighted by Gasteiger charge is -2.50. The summed E-state index contributed by atoms with van der Waals surface area (Å²) in [6, 6.07) is 1.57. The summed E-state index contributed by atoms with van der Waals surface area (Å²) in [6.07, 6.45) is 7.30. The summed E-state index contributed by atoms with van der Waals surface area (Å²) in [7, 11) is 0. The van der Waals surface area contributed by atoms with E-state index in [1.807, 2.05) is 0 Å². The van der Waals surface area contributed by atoms with Crippen molar-refractivity contribution >= 4 is 0 Å².